The van der Waals surface area contributed by atoms with Gasteiger partial charge in [-0.2, -0.15) is 0 Å². The maximum atomic E-state index is 12.4. The van der Waals surface area contributed by atoms with Gasteiger partial charge < -0.3 is 25.0 Å². The second kappa shape index (κ2) is 11.0. The Morgan fingerprint density at radius 3 is 2.42 bits per heavy atom. The Morgan fingerprint density at radius 2 is 1.69 bits per heavy atom. The van der Waals surface area contributed by atoms with Crippen molar-refractivity contribution in [1.29, 1.82) is 0 Å². The van der Waals surface area contributed by atoms with Crippen LogP contribution in [0.25, 0.3) is 0 Å². The number of anilines is 2. The van der Waals surface area contributed by atoms with Crippen LogP contribution in [-0.4, -0.2) is 71.5 Å². The second-order valence-electron chi connectivity index (χ2n) is 9.03. The summed E-state index contributed by atoms with van der Waals surface area (Å²) in [4.78, 5) is 18.6. The summed E-state index contributed by atoms with van der Waals surface area (Å²) in [6.07, 6.45) is -0.169. The highest BCUT2D eigenvalue weighted by atomic mass is 35.5. The third-order valence-electron chi connectivity index (χ3n) is 6.43. The summed E-state index contributed by atoms with van der Waals surface area (Å²) in [5.41, 5.74) is 8.90. The number of ether oxygens (including phenoxy) is 2. The third-order valence-corrected chi connectivity index (χ3v) is 6.61. The van der Waals surface area contributed by atoms with Gasteiger partial charge >= 0.3 is 6.09 Å². The highest BCUT2D eigenvalue weighted by Gasteiger charge is 2.30. The van der Waals surface area contributed by atoms with Gasteiger partial charge in [-0.15, -0.1) is 10.2 Å². The maximum absolute atomic E-state index is 12.4. The monoisotopic (exact) mass is 508 g/mol. The van der Waals surface area contributed by atoms with Crippen LogP contribution in [0.1, 0.15) is 11.1 Å². The Bertz CT molecular complexity index is 1170. The van der Waals surface area contributed by atoms with Gasteiger partial charge in [0.25, 0.3) is 0 Å². The molecule has 0 unspecified atom stereocenters. The molecule has 2 aliphatic rings. The van der Waals surface area contributed by atoms with Gasteiger partial charge in [0.1, 0.15) is 18.5 Å². The first kappa shape index (κ1) is 24.1. The molecule has 2 aromatic carbocycles. The number of carbonyl (C=O) groups excluding carboxylic acids is 1. The number of piperazine rings is 1. The van der Waals surface area contributed by atoms with Crippen LogP contribution < -0.4 is 15.4 Å². The van der Waals surface area contributed by atoms with Crippen molar-refractivity contribution < 1.29 is 14.3 Å². The molecular formula is C26H29ClN6O3. The SMILES string of the molecule is Nc1nnc(Cl)cc1N1CC(Oc2ccc(CN3CCN(C(=O)OCc4ccccc4)CC3)cc2)C1. The van der Waals surface area contributed by atoms with Gasteiger partial charge in [-0.3, -0.25) is 4.90 Å². The Balaban J connectivity index is 1.03. The van der Waals surface area contributed by atoms with Crippen molar-refractivity contribution in [3.63, 3.8) is 0 Å². The van der Waals surface area contributed by atoms with Gasteiger partial charge in [0.05, 0.1) is 18.8 Å². The molecule has 0 aliphatic carbocycles. The quantitative estimate of drug-likeness (QED) is 0.518. The maximum Gasteiger partial charge on any atom is 0.410 e. The largest absolute Gasteiger partial charge is 0.487 e. The zero-order chi connectivity index (χ0) is 24.9. The summed E-state index contributed by atoms with van der Waals surface area (Å²) in [5.74, 6) is 1.21. The lowest BCUT2D eigenvalue weighted by Crippen LogP contribution is -2.54. The predicted molar refractivity (Wildman–Crippen MR) is 138 cm³/mol. The first-order valence-electron chi connectivity index (χ1n) is 12.0. The number of nitrogens with two attached hydrogens (primary N) is 1. The van der Waals surface area contributed by atoms with Crippen molar-refractivity contribution >= 4 is 29.2 Å². The van der Waals surface area contributed by atoms with Crippen LogP contribution in [0.2, 0.25) is 5.15 Å². The van der Waals surface area contributed by atoms with E-state index < -0.39 is 0 Å². The molecule has 2 fully saturated rings. The zero-order valence-electron chi connectivity index (χ0n) is 19.9. The fourth-order valence-corrected chi connectivity index (χ4v) is 4.50. The van der Waals surface area contributed by atoms with E-state index in [1.807, 2.05) is 42.5 Å². The average Bonchev–Trinajstić information content (AvgIpc) is 2.88. The first-order chi connectivity index (χ1) is 17.5. The summed E-state index contributed by atoms with van der Waals surface area (Å²) in [5, 5.41) is 7.94. The summed E-state index contributed by atoms with van der Waals surface area (Å²) < 4.78 is 11.5. The Morgan fingerprint density at radius 1 is 0.972 bits per heavy atom. The molecule has 3 heterocycles. The van der Waals surface area contributed by atoms with E-state index in [1.165, 1.54) is 5.56 Å². The molecule has 188 valence electrons. The minimum absolute atomic E-state index is 0.0805. The smallest absolute Gasteiger partial charge is 0.410 e. The van der Waals surface area contributed by atoms with Crippen molar-refractivity contribution in [1.82, 2.24) is 20.0 Å². The average molecular weight is 509 g/mol. The Kier molecular flexibility index (Phi) is 7.39. The number of nitrogens with zero attached hydrogens (tertiary/aromatic N) is 5. The van der Waals surface area contributed by atoms with Crippen LogP contribution in [0.5, 0.6) is 5.75 Å². The summed E-state index contributed by atoms with van der Waals surface area (Å²) in [6.45, 7) is 5.51. The molecule has 36 heavy (non-hydrogen) atoms. The molecule has 5 rings (SSSR count). The van der Waals surface area contributed by atoms with Crippen LogP contribution in [-0.2, 0) is 17.9 Å². The van der Waals surface area contributed by atoms with E-state index >= 15 is 0 Å². The van der Waals surface area contributed by atoms with Gasteiger partial charge in [-0.1, -0.05) is 54.1 Å². The first-order valence-corrected chi connectivity index (χ1v) is 12.4. The number of carbonyl (C=O) groups is 1. The lowest BCUT2D eigenvalue weighted by atomic mass is 10.1. The van der Waals surface area contributed by atoms with Crippen LogP contribution in [0.4, 0.5) is 16.3 Å². The number of rotatable bonds is 7. The van der Waals surface area contributed by atoms with Gasteiger partial charge in [-0.25, -0.2) is 4.79 Å². The number of amides is 1. The molecule has 0 radical (unpaired) electrons. The predicted octanol–water partition coefficient (Wildman–Crippen LogP) is 3.43. The van der Waals surface area contributed by atoms with Crippen molar-refractivity contribution in [3.05, 3.63) is 76.9 Å². The van der Waals surface area contributed by atoms with Gasteiger partial charge in [0, 0.05) is 38.8 Å². The number of hydrogen-bond donors (Lipinski definition) is 1. The molecule has 2 N–H and O–H groups in total. The van der Waals surface area contributed by atoms with E-state index in [-0.39, 0.29) is 12.2 Å². The van der Waals surface area contributed by atoms with Crippen LogP contribution in [0, 0.1) is 0 Å². The fourth-order valence-electron chi connectivity index (χ4n) is 4.35. The minimum atomic E-state index is -0.249. The standard InChI is InChI=1S/C26H29ClN6O3/c27-24-14-23(25(28)30-29-24)33-16-22(17-33)36-21-8-6-19(7-9-21)15-31-10-12-32(13-11-31)26(34)35-18-20-4-2-1-3-5-20/h1-9,14,22H,10-13,15-18H2,(H2,28,30). The van der Waals surface area contributed by atoms with Crippen molar-refractivity contribution in [3.8, 4) is 5.75 Å². The molecule has 1 aromatic heterocycles. The van der Waals surface area contributed by atoms with E-state index in [0.29, 0.717) is 43.8 Å². The molecule has 0 spiro atoms. The van der Waals surface area contributed by atoms with Gasteiger partial charge in [0.15, 0.2) is 11.0 Å². The Labute approximate surface area is 215 Å². The van der Waals surface area contributed by atoms with Crippen molar-refractivity contribution in [2.75, 3.05) is 49.9 Å². The van der Waals surface area contributed by atoms with E-state index in [0.717, 1.165) is 36.6 Å². The van der Waals surface area contributed by atoms with Crippen molar-refractivity contribution in [2.45, 2.75) is 19.3 Å². The van der Waals surface area contributed by atoms with Gasteiger partial charge in [0.2, 0.25) is 0 Å². The molecule has 0 bridgehead atoms. The molecular weight excluding hydrogens is 480 g/mol. The number of benzene rings is 2. The van der Waals surface area contributed by atoms with E-state index in [9.17, 15) is 4.79 Å². The fraction of sp³-hybridized carbons (Fsp3) is 0.346. The zero-order valence-corrected chi connectivity index (χ0v) is 20.7. The third kappa shape index (κ3) is 5.98. The van der Waals surface area contributed by atoms with Crippen LogP contribution in [0.15, 0.2) is 60.7 Å². The van der Waals surface area contributed by atoms with Crippen LogP contribution >= 0.6 is 11.6 Å². The highest BCUT2D eigenvalue weighted by Crippen LogP contribution is 2.29. The minimum Gasteiger partial charge on any atom is -0.487 e. The molecule has 2 saturated heterocycles. The number of hydrogen-bond acceptors (Lipinski definition) is 8. The lowest BCUT2D eigenvalue weighted by molar-refractivity contribution is 0.0700. The van der Waals surface area contributed by atoms with E-state index in [4.69, 9.17) is 26.8 Å². The normalized spacial score (nSPS) is 16.5. The molecule has 10 heteroatoms. The van der Waals surface area contributed by atoms with Gasteiger partial charge in [-0.05, 0) is 23.3 Å². The Hall–Kier alpha value is -3.56. The topological polar surface area (TPSA) is 97.0 Å². The molecule has 1 amide bonds. The highest BCUT2D eigenvalue weighted by molar-refractivity contribution is 6.29. The van der Waals surface area contributed by atoms with Crippen LogP contribution in [0.3, 0.4) is 0 Å². The molecule has 0 saturated carbocycles. The number of aromatic nitrogens is 2. The van der Waals surface area contributed by atoms with E-state index in [2.05, 4.69) is 32.1 Å². The van der Waals surface area contributed by atoms with E-state index in [1.54, 1.807) is 11.0 Å². The number of halogens is 1. The van der Waals surface area contributed by atoms with Crippen molar-refractivity contribution in [2.24, 2.45) is 0 Å². The number of nitrogen functional groups attached to an aromatic ring is 1. The molecule has 9 nitrogen and oxygen atoms in total. The second-order valence-corrected chi connectivity index (χ2v) is 9.42. The summed E-state index contributed by atoms with van der Waals surface area (Å²) in [7, 11) is 0. The molecule has 2 aliphatic heterocycles. The molecule has 0 atom stereocenters. The summed E-state index contributed by atoms with van der Waals surface area (Å²) >= 11 is 5.93. The summed E-state index contributed by atoms with van der Waals surface area (Å²) in [6, 6.07) is 19.7. The molecule has 3 aromatic rings. The lowest BCUT2D eigenvalue weighted by Gasteiger charge is -2.40.